The van der Waals surface area contributed by atoms with Crippen LogP contribution in [0.5, 0.6) is 0 Å². The fourth-order valence-electron chi connectivity index (χ4n) is 3.04. The summed E-state index contributed by atoms with van der Waals surface area (Å²) in [4.78, 5) is 21.9. The highest BCUT2D eigenvalue weighted by atomic mass is 19.1. The first kappa shape index (κ1) is 14.8. The molecular weight excluding hydrogens is 309 g/mol. The molecule has 1 aliphatic heterocycles. The summed E-state index contributed by atoms with van der Waals surface area (Å²) in [6.45, 7) is 1.89. The number of hydrogen-bond donors (Lipinski definition) is 1. The molecule has 0 atom stereocenters. The first-order valence-corrected chi connectivity index (χ1v) is 7.82. The number of fused-ring (bicyclic) bond motifs is 1. The van der Waals surface area contributed by atoms with E-state index in [9.17, 15) is 9.18 Å². The van der Waals surface area contributed by atoms with Crippen molar-refractivity contribution in [3.8, 4) is 11.6 Å². The van der Waals surface area contributed by atoms with Gasteiger partial charge in [0.25, 0.3) is 5.56 Å². The van der Waals surface area contributed by atoms with Gasteiger partial charge in [0.05, 0.1) is 17.5 Å². The molecule has 0 bridgehead atoms. The van der Waals surface area contributed by atoms with Crippen LogP contribution in [0, 0.1) is 5.82 Å². The van der Waals surface area contributed by atoms with E-state index in [4.69, 9.17) is 4.42 Å². The lowest BCUT2D eigenvalue weighted by Crippen LogP contribution is -2.35. The number of H-pyrrole nitrogens is 1. The molecule has 3 heterocycles. The van der Waals surface area contributed by atoms with E-state index in [0.717, 1.165) is 17.8 Å². The van der Waals surface area contributed by atoms with E-state index >= 15 is 0 Å². The fourth-order valence-corrected chi connectivity index (χ4v) is 3.04. The molecule has 122 valence electrons. The van der Waals surface area contributed by atoms with Gasteiger partial charge in [-0.1, -0.05) is 12.1 Å². The molecule has 0 spiro atoms. The minimum atomic E-state index is -0.243. The Balaban J connectivity index is 1.58. The Morgan fingerprint density at radius 3 is 3.00 bits per heavy atom. The van der Waals surface area contributed by atoms with Crippen molar-refractivity contribution in [2.45, 2.75) is 19.5 Å². The Morgan fingerprint density at radius 2 is 2.21 bits per heavy atom. The summed E-state index contributed by atoms with van der Waals surface area (Å²) >= 11 is 0. The van der Waals surface area contributed by atoms with E-state index in [2.05, 4.69) is 14.9 Å². The molecule has 0 saturated heterocycles. The predicted molar refractivity (Wildman–Crippen MR) is 86.8 cm³/mol. The molecule has 6 heteroatoms. The van der Waals surface area contributed by atoms with Crippen LogP contribution in [-0.2, 0) is 19.5 Å². The van der Waals surface area contributed by atoms with Gasteiger partial charge in [-0.15, -0.1) is 0 Å². The normalized spacial score (nSPS) is 14.5. The molecule has 1 N–H and O–H groups in total. The number of hydrogen-bond acceptors (Lipinski definition) is 4. The number of halogens is 1. The number of rotatable bonds is 3. The first-order chi connectivity index (χ1) is 11.7. The van der Waals surface area contributed by atoms with Gasteiger partial charge in [-0.05, 0) is 29.8 Å². The summed E-state index contributed by atoms with van der Waals surface area (Å²) in [6, 6.07) is 10.1. The van der Waals surface area contributed by atoms with Crippen molar-refractivity contribution >= 4 is 0 Å². The lowest BCUT2D eigenvalue weighted by Gasteiger charge is -2.27. The number of nitrogens with one attached hydrogen (secondary N) is 1. The van der Waals surface area contributed by atoms with Gasteiger partial charge in [-0.2, -0.15) is 0 Å². The van der Waals surface area contributed by atoms with Gasteiger partial charge in [-0.25, -0.2) is 9.37 Å². The largest absolute Gasteiger partial charge is 0.461 e. The lowest BCUT2D eigenvalue weighted by molar-refractivity contribution is 0.241. The van der Waals surface area contributed by atoms with Crippen molar-refractivity contribution in [2.24, 2.45) is 0 Å². The van der Waals surface area contributed by atoms with Crippen molar-refractivity contribution in [1.82, 2.24) is 14.9 Å². The van der Waals surface area contributed by atoms with Crippen molar-refractivity contribution < 1.29 is 8.81 Å². The molecule has 0 radical (unpaired) electrons. The van der Waals surface area contributed by atoms with E-state index in [1.807, 2.05) is 6.07 Å². The standard InChI is InChI=1S/C18H16FN3O2/c19-13-4-1-3-12(9-13)10-22-7-6-15-14(11-22)18(23)21-17(20-15)16-5-2-8-24-16/h1-5,8-9H,6-7,10-11H2,(H,20,21,23). The minimum absolute atomic E-state index is 0.143. The number of aromatic nitrogens is 2. The molecule has 4 rings (SSSR count). The Labute approximate surface area is 137 Å². The van der Waals surface area contributed by atoms with Crippen molar-refractivity contribution in [2.75, 3.05) is 6.54 Å². The maximum atomic E-state index is 13.3. The summed E-state index contributed by atoms with van der Waals surface area (Å²) < 4.78 is 18.6. The lowest BCUT2D eigenvalue weighted by atomic mass is 10.1. The highest BCUT2D eigenvalue weighted by molar-refractivity contribution is 5.47. The first-order valence-electron chi connectivity index (χ1n) is 7.82. The zero-order valence-electron chi connectivity index (χ0n) is 13.0. The maximum Gasteiger partial charge on any atom is 0.256 e. The average Bonchev–Trinajstić information content (AvgIpc) is 3.10. The van der Waals surface area contributed by atoms with E-state index in [-0.39, 0.29) is 11.4 Å². The average molecular weight is 325 g/mol. The molecule has 0 amide bonds. The molecule has 1 aromatic carbocycles. The second kappa shape index (κ2) is 6.05. The number of benzene rings is 1. The number of nitrogens with zero attached hydrogens (tertiary/aromatic N) is 2. The predicted octanol–water partition coefficient (Wildman–Crippen LogP) is 2.73. The highest BCUT2D eigenvalue weighted by Crippen LogP contribution is 2.20. The van der Waals surface area contributed by atoms with Crippen LogP contribution >= 0.6 is 0 Å². The molecule has 0 saturated carbocycles. The van der Waals surface area contributed by atoms with E-state index in [1.165, 1.54) is 12.1 Å². The summed E-state index contributed by atoms with van der Waals surface area (Å²) in [5.74, 6) is 0.770. The van der Waals surface area contributed by atoms with Crippen LogP contribution < -0.4 is 5.56 Å². The third-order valence-corrected chi connectivity index (χ3v) is 4.20. The molecule has 3 aromatic rings. The third kappa shape index (κ3) is 2.88. The highest BCUT2D eigenvalue weighted by Gasteiger charge is 2.22. The maximum absolute atomic E-state index is 13.3. The van der Waals surface area contributed by atoms with Crippen molar-refractivity contribution in [3.63, 3.8) is 0 Å². The molecule has 0 unspecified atom stereocenters. The number of aromatic amines is 1. The second-order valence-electron chi connectivity index (χ2n) is 5.91. The molecule has 1 aliphatic rings. The van der Waals surface area contributed by atoms with Gasteiger partial charge in [0.15, 0.2) is 11.6 Å². The summed E-state index contributed by atoms with van der Waals surface area (Å²) in [7, 11) is 0. The van der Waals surface area contributed by atoms with Gasteiger partial charge < -0.3 is 9.40 Å². The Kier molecular flexibility index (Phi) is 3.74. The Morgan fingerprint density at radius 1 is 1.29 bits per heavy atom. The van der Waals surface area contributed by atoms with E-state index in [1.54, 1.807) is 24.5 Å². The number of furan rings is 1. The van der Waals surface area contributed by atoms with Crippen LogP contribution in [0.15, 0.2) is 51.9 Å². The summed E-state index contributed by atoms with van der Waals surface area (Å²) in [5.41, 5.74) is 2.24. The van der Waals surface area contributed by atoms with Gasteiger partial charge in [-0.3, -0.25) is 9.69 Å². The minimum Gasteiger partial charge on any atom is -0.461 e. The Hall–Kier alpha value is -2.73. The van der Waals surface area contributed by atoms with Crippen LogP contribution in [-0.4, -0.2) is 21.4 Å². The smallest absolute Gasteiger partial charge is 0.256 e. The van der Waals surface area contributed by atoms with Crippen LogP contribution in [0.3, 0.4) is 0 Å². The quantitative estimate of drug-likeness (QED) is 0.804. The molecule has 0 fully saturated rings. The van der Waals surface area contributed by atoms with E-state index < -0.39 is 0 Å². The van der Waals surface area contributed by atoms with Crippen molar-refractivity contribution in [1.29, 1.82) is 0 Å². The topological polar surface area (TPSA) is 62.1 Å². The molecular formula is C18H16FN3O2. The van der Waals surface area contributed by atoms with Gasteiger partial charge >= 0.3 is 0 Å². The van der Waals surface area contributed by atoms with E-state index in [0.29, 0.717) is 36.7 Å². The zero-order chi connectivity index (χ0) is 16.5. The monoisotopic (exact) mass is 325 g/mol. The van der Waals surface area contributed by atoms with Crippen LogP contribution in [0.4, 0.5) is 4.39 Å². The second-order valence-corrected chi connectivity index (χ2v) is 5.91. The van der Waals surface area contributed by atoms with Crippen molar-refractivity contribution in [3.05, 3.63) is 75.7 Å². The fraction of sp³-hybridized carbons (Fsp3) is 0.222. The SMILES string of the molecule is O=c1[nH]c(-c2ccco2)nc2c1CN(Cc1cccc(F)c1)CC2. The molecule has 5 nitrogen and oxygen atoms in total. The van der Waals surface area contributed by atoms with Gasteiger partial charge in [0.1, 0.15) is 5.82 Å². The van der Waals surface area contributed by atoms with Crippen LogP contribution in [0.25, 0.3) is 11.6 Å². The van der Waals surface area contributed by atoms with Crippen LogP contribution in [0.1, 0.15) is 16.8 Å². The summed E-state index contributed by atoms with van der Waals surface area (Å²) in [5, 5.41) is 0. The van der Waals surface area contributed by atoms with Gasteiger partial charge in [0, 0.05) is 26.1 Å². The molecule has 2 aromatic heterocycles. The van der Waals surface area contributed by atoms with Gasteiger partial charge in [0.2, 0.25) is 0 Å². The summed E-state index contributed by atoms with van der Waals surface area (Å²) in [6.07, 6.45) is 2.23. The molecule has 24 heavy (non-hydrogen) atoms. The Bertz CT molecular complexity index is 918. The zero-order valence-corrected chi connectivity index (χ0v) is 13.0. The molecule has 0 aliphatic carbocycles. The van der Waals surface area contributed by atoms with Crippen LogP contribution in [0.2, 0.25) is 0 Å². The third-order valence-electron chi connectivity index (χ3n) is 4.20.